The summed E-state index contributed by atoms with van der Waals surface area (Å²) >= 11 is 6.28. The van der Waals surface area contributed by atoms with Crippen molar-refractivity contribution in [2.45, 2.75) is 24.9 Å². The van der Waals surface area contributed by atoms with Crippen LogP contribution in [-0.2, 0) is 4.79 Å². The zero-order valence-electron chi connectivity index (χ0n) is 20.5. The average molecular weight is 514 g/mol. The van der Waals surface area contributed by atoms with Gasteiger partial charge in [0.15, 0.2) is 17.3 Å². The number of ether oxygens (including phenoxy) is 2. The number of rotatable bonds is 4. The molecule has 0 radical (unpaired) electrons. The summed E-state index contributed by atoms with van der Waals surface area (Å²) in [4.78, 5) is 44.4. The number of ketones is 3. The standard InChI is InChI=1S/C30H24ClNO5/c1-16(33)27-26(22-11-10-19(36-2)15-24(22)37-3)30(28(34)20-6-4-5-7-21(20)29(30)35)25-13-8-17-14-18(31)9-12-23(17)32(25)27/h4-15,25-27H,1-3H3/t25-,26+,27+/m0/s1. The molecule has 1 aliphatic carbocycles. The first kappa shape index (κ1) is 23.5. The Balaban J connectivity index is 1.69. The average Bonchev–Trinajstić information content (AvgIpc) is 3.34. The van der Waals surface area contributed by atoms with Crippen LogP contribution < -0.4 is 14.4 Å². The van der Waals surface area contributed by atoms with E-state index in [9.17, 15) is 14.4 Å². The van der Waals surface area contributed by atoms with Crippen molar-refractivity contribution < 1.29 is 23.9 Å². The van der Waals surface area contributed by atoms with Crippen molar-refractivity contribution in [1.29, 1.82) is 0 Å². The number of anilines is 1. The van der Waals surface area contributed by atoms with Crippen molar-refractivity contribution in [3.05, 3.63) is 94.0 Å². The number of benzene rings is 3. The molecule has 2 aliphatic heterocycles. The van der Waals surface area contributed by atoms with Crippen LogP contribution in [0, 0.1) is 5.41 Å². The van der Waals surface area contributed by atoms with E-state index in [1.54, 1.807) is 55.6 Å². The second-order valence-electron chi connectivity index (χ2n) is 9.63. The van der Waals surface area contributed by atoms with E-state index in [-0.39, 0.29) is 17.3 Å². The van der Waals surface area contributed by atoms with Crippen LogP contribution >= 0.6 is 11.6 Å². The van der Waals surface area contributed by atoms with Crippen LogP contribution in [0.1, 0.15) is 44.7 Å². The Hall–Kier alpha value is -3.90. The van der Waals surface area contributed by atoms with Gasteiger partial charge in [-0.05, 0) is 36.8 Å². The Labute approximate surface area is 219 Å². The maximum absolute atomic E-state index is 14.4. The smallest absolute Gasteiger partial charge is 0.180 e. The predicted octanol–water partition coefficient (Wildman–Crippen LogP) is 5.38. The monoisotopic (exact) mass is 513 g/mol. The molecule has 37 heavy (non-hydrogen) atoms. The summed E-state index contributed by atoms with van der Waals surface area (Å²) in [6.45, 7) is 1.51. The van der Waals surface area contributed by atoms with Crippen molar-refractivity contribution in [2.24, 2.45) is 5.41 Å². The fraction of sp³-hybridized carbons (Fsp3) is 0.233. The molecule has 0 bridgehead atoms. The zero-order chi connectivity index (χ0) is 26.1. The van der Waals surface area contributed by atoms with Gasteiger partial charge in [-0.1, -0.05) is 54.1 Å². The Bertz CT molecular complexity index is 1490. The van der Waals surface area contributed by atoms with Crippen molar-refractivity contribution in [3.63, 3.8) is 0 Å². The van der Waals surface area contributed by atoms with Crippen molar-refractivity contribution >= 4 is 40.7 Å². The second kappa shape index (κ2) is 8.32. The Kier molecular flexibility index (Phi) is 5.28. The first-order valence-electron chi connectivity index (χ1n) is 12.0. The molecule has 186 valence electrons. The van der Waals surface area contributed by atoms with Gasteiger partial charge in [-0.3, -0.25) is 14.4 Å². The van der Waals surface area contributed by atoms with Gasteiger partial charge in [0.05, 0.1) is 26.3 Å². The summed E-state index contributed by atoms with van der Waals surface area (Å²) in [5.74, 6) is -0.510. The maximum Gasteiger partial charge on any atom is 0.180 e. The summed E-state index contributed by atoms with van der Waals surface area (Å²) in [6, 6.07) is 16.1. The number of fused-ring (bicyclic) bond motifs is 5. The lowest BCUT2D eigenvalue weighted by Gasteiger charge is -2.37. The molecular weight excluding hydrogens is 490 g/mol. The minimum absolute atomic E-state index is 0.155. The van der Waals surface area contributed by atoms with E-state index in [2.05, 4.69) is 0 Å². The van der Waals surface area contributed by atoms with E-state index < -0.39 is 23.4 Å². The zero-order valence-corrected chi connectivity index (χ0v) is 21.3. The third-order valence-electron chi connectivity index (χ3n) is 7.96. The molecular formula is C30H24ClNO5. The summed E-state index contributed by atoms with van der Waals surface area (Å²) in [5.41, 5.74) is 1.38. The number of halogens is 1. The van der Waals surface area contributed by atoms with E-state index in [4.69, 9.17) is 21.1 Å². The van der Waals surface area contributed by atoms with E-state index in [0.717, 1.165) is 11.3 Å². The lowest BCUT2D eigenvalue weighted by atomic mass is 9.64. The number of hydrogen-bond donors (Lipinski definition) is 0. The molecule has 7 heteroatoms. The highest BCUT2D eigenvalue weighted by molar-refractivity contribution is 6.32. The van der Waals surface area contributed by atoms with E-state index in [1.807, 2.05) is 29.2 Å². The van der Waals surface area contributed by atoms with Gasteiger partial charge in [0.25, 0.3) is 0 Å². The summed E-state index contributed by atoms with van der Waals surface area (Å²) in [7, 11) is 3.08. The van der Waals surface area contributed by atoms with Crippen molar-refractivity contribution in [1.82, 2.24) is 0 Å². The highest BCUT2D eigenvalue weighted by Crippen LogP contribution is 2.61. The number of nitrogens with zero attached hydrogens (tertiary/aromatic N) is 1. The van der Waals surface area contributed by atoms with Crippen LogP contribution in [0.4, 0.5) is 5.69 Å². The molecule has 3 atom stereocenters. The highest BCUT2D eigenvalue weighted by atomic mass is 35.5. The molecule has 0 aromatic heterocycles. The number of Topliss-reactive ketones (excluding diaryl/α,β-unsaturated/α-hetero) is 3. The second-order valence-corrected chi connectivity index (χ2v) is 10.1. The van der Waals surface area contributed by atoms with Gasteiger partial charge in [-0.25, -0.2) is 0 Å². The summed E-state index contributed by atoms with van der Waals surface area (Å²) in [6.07, 6.45) is 3.75. The van der Waals surface area contributed by atoms with E-state index in [1.165, 1.54) is 14.0 Å². The molecule has 0 amide bonds. The highest BCUT2D eigenvalue weighted by Gasteiger charge is 2.71. The van der Waals surface area contributed by atoms with Gasteiger partial charge in [0, 0.05) is 39.4 Å². The number of carbonyl (C=O) groups is 3. The molecule has 6 nitrogen and oxygen atoms in total. The Morgan fingerprint density at radius 1 is 0.946 bits per heavy atom. The van der Waals surface area contributed by atoms with Gasteiger partial charge >= 0.3 is 0 Å². The van der Waals surface area contributed by atoms with Crippen LogP contribution in [-0.4, -0.2) is 43.7 Å². The lowest BCUT2D eigenvalue weighted by molar-refractivity contribution is -0.118. The molecule has 3 aromatic carbocycles. The molecule has 1 saturated heterocycles. The van der Waals surface area contributed by atoms with Gasteiger partial charge in [0.2, 0.25) is 0 Å². The third kappa shape index (κ3) is 3.02. The molecule has 3 aliphatic rings. The predicted molar refractivity (Wildman–Crippen MR) is 141 cm³/mol. The van der Waals surface area contributed by atoms with Gasteiger partial charge < -0.3 is 14.4 Å². The van der Waals surface area contributed by atoms with Crippen molar-refractivity contribution in [3.8, 4) is 11.5 Å². The van der Waals surface area contributed by atoms with Crippen LogP contribution in [0.25, 0.3) is 6.08 Å². The maximum atomic E-state index is 14.4. The van der Waals surface area contributed by atoms with Crippen LogP contribution in [0.3, 0.4) is 0 Å². The van der Waals surface area contributed by atoms with E-state index >= 15 is 0 Å². The first-order valence-corrected chi connectivity index (χ1v) is 12.4. The Morgan fingerprint density at radius 3 is 2.27 bits per heavy atom. The minimum atomic E-state index is -1.56. The number of hydrogen-bond acceptors (Lipinski definition) is 6. The Morgan fingerprint density at radius 2 is 1.65 bits per heavy atom. The van der Waals surface area contributed by atoms with Crippen LogP contribution in [0.5, 0.6) is 11.5 Å². The topological polar surface area (TPSA) is 72.9 Å². The van der Waals surface area contributed by atoms with Crippen LogP contribution in [0.15, 0.2) is 66.7 Å². The molecule has 0 N–H and O–H groups in total. The largest absolute Gasteiger partial charge is 0.497 e. The van der Waals surface area contributed by atoms with Crippen molar-refractivity contribution in [2.75, 3.05) is 19.1 Å². The lowest BCUT2D eigenvalue weighted by Crippen LogP contribution is -2.48. The van der Waals surface area contributed by atoms with E-state index in [0.29, 0.717) is 33.2 Å². The third-order valence-corrected chi connectivity index (χ3v) is 8.19. The van der Waals surface area contributed by atoms with Crippen LogP contribution in [0.2, 0.25) is 5.02 Å². The normalized spacial score (nSPS) is 22.6. The molecule has 6 rings (SSSR count). The molecule has 3 aromatic rings. The fourth-order valence-electron chi connectivity index (χ4n) is 6.52. The first-order chi connectivity index (χ1) is 17.8. The fourth-order valence-corrected chi connectivity index (χ4v) is 6.70. The van der Waals surface area contributed by atoms with Gasteiger partial charge in [0.1, 0.15) is 16.9 Å². The molecule has 1 fully saturated rings. The SMILES string of the molecule is COc1ccc([C@@H]2[C@@H](C(C)=O)N3c4ccc(Cl)cc4C=C[C@H]3C23C(=O)c2ccccc2C3=O)c(OC)c1. The quantitative estimate of drug-likeness (QED) is 0.436. The van der Waals surface area contributed by atoms with Gasteiger partial charge in [-0.2, -0.15) is 0 Å². The number of carbonyl (C=O) groups excluding carboxylic acids is 3. The molecule has 0 unspecified atom stereocenters. The number of methoxy groups -OCH3 is 2. The minimum Gasteiger partial charge on any atom is -0.497 e. The summed E-state index contributed by atoms with van der Waals surface area (Å²) < 4.78 is 11.1. The molecule has 1 spiro atoms. The molecule has 2 heterocycles. The summed E-state index contributed by atoms with van der Waals surface area (Å²) in [5, 5.41) is 0.559. The molecule has 0 saturated carbocycles. The van der Waals surface area contributed by atoms with Gasteiger partial charge in [-0.15, -0.1) is 0 Å².